The van der Waals surface area contributed by atoms with E-state index in [1.807, 2.05) is 31.2 Å². The molecule has 0 aliphatic heterocycles. The van der Waals surface area contributed by atoms with Crippen molar-refractivity contribution in [3.63, 3.8) is 0 Å². The monoisotopic (exact) mass is 394 g/mol. The van der Waals surface area contributed by atoms with E-state index in [0.29, 0.717) is 36.8 Å². The van der Waals surface area contributed by atoms with Gasteiger partial charge in [0.15, 0.2) is 11.7 Å². The minimum atomic E-state index is -0.299. The van der Waals surface area contributed by atoms with Crippen molar-refractivity contribution < 1.29 is 13.6 Å². The second kappa shape index (κ2) is 10.1. The molecule has 1 aromatic heterocycles. The summed E-state index contributed by atoms with van der Waals surface area (Å²) in [7, 11) is 0. The molecule has 29 heavy (non-hydrogen) atoms. The van der Waals surface area contributed by atoms with Gasteiger partial charge in [0.1, 0.15) is 5.82 Å². The molecule has 0 atom stereocenters. The molecule has 0 saturated heterocycles. The number of carbonyl (C=O) groups is 1. The molecule has 0 radical (unpaired) electrons. The van der Waals surface area contributed by atoms with Crippen LogP contribution in [0.4, 0.5) is 10.1 Å². The number of amides is 1. The van der Waals surface area contributed by atoms with E-state index in [1.54, 1.807) is 30.3 Å². The third-order valence-corrected chi connectivity index (χ3v) is 4.12. The van der Waals surface area contributed by atoms with Crippen molar-refractivity contribution in [2.75, 3.05) is 11.9 Å². The van der Waals surface area contributed by atoms with Crippen LogP contribution in [0.25, 0.3) is 0 Å². The van der Waals surface area contributed by atoms with Gasteiger partial charge in [0.05, 0.1) is 12.8 Å². The Balaban J connectivity index is 1.57. The van der Waals surface area contributed by atoms with Crippen LogP contribution >= 0.6 is 0 Å². The highest BCUT2D eigenvalue weighted by Crippen LogP contribution is 2.12. The van der Waals surface area contributed by atoms with Crippen LogP contribution < -0.4 is 16.0 Å². The van der Waals surface area contributed by atoms with E-state index in [0.717, 1.165) is 5.56 Å². The van der Waals surface area contributed by atoms with Crippen LogP contribution in [0, 0.1) is 5.82 Å². The predicted octanol–water partition coefficient (Wildman–Crippen LogP) is 3.93. The molecule has 1 heterocycles. The standard InChI is InChI=1S/C22H23FN4O2/c1-2-24-22(26-15-17-6-3-4-7-19(17)23)25-14-16-9-11-18(12-10-16)27-21(28)20-8-5-13-29-20/h3-13H,2,14-15H2,1H3,(H,27,28)(H2,24,25,26). The molecule has 150 valence electrons. The topological polar surface area (TPSA) is 78.7 Å². The van der Waals surface area contributed by atoms with Gasteiger partial charge in [-0.2, -0.15) is 0 Å². The lowest BCUT2D eigenvalue weighted by Crippen LogP contribution is -2.37. The number of guanidine groups is 1. The summed E-state index contributed by atoms with van der Waals surface area (Å²) in [6.45, 7) is 3.45. The molecule has 0 fully saturated rings. The maximum absolute atomic E-state index is 13.8. The van der Waals surface area contributed by atoms with Crippen molar-refractivity contribution in [2.45, 2.75) is 20.0 Å². The number of furan rings is 1. The zero-order valence-corrected chi connectivity index (χ0v) is 16.1. The van der Waals surface area contributed by atoms with Gasteiger partial charge in [-0.1, -0.05) is 30.3 Å². The van der Waals surface area contributed by atoms with Gasteiger partial charge in [0.25, 0.3) is 5.91 Å². The quantitative estimate of drug-likeness (QED) is 0.419. The van der Waals surface area contributed by atoms with E-state index in [4.69, 9.17) is 4.42 Å². The Morgan fingerprint density at radius 2 is 1.83 bits per heavy atom. The Labute approximate surface area is 168 Å². The first-order valence-electron chi connectivity index (χ1n) is 9.35. The number of carbonyl (C=O) groups excluding carboxylic acids is 1. The molecule has 1 amide bonds. The number of benzene rings is 2. The highest BCUT2D eigenvalue weighted by molar-refractivity contribution is 6.02. The van der Waals surface area contributed by atoms with Crippen molar-refractivity contribution in [3.8, 4) is 0 Å². The Morgan fingerprint density at radius 1 is 1.03 bits per heavy atom. The normalized spacial score (nSPS) is 11.2. The number of hydrogen-bond acceptors (Lipinski definition) is 3. The third kappa shape index (κ3) is 5.93. The van der Waals surface area contributed by atoms with Crippen LogP contribution in [0.1, 0.15) is 28.6 Å². The summed E-state index contributed by atoms with van der Waals surface area (Å²) in [5.41, 5.74) is 2.22. The van der Waals surface area contributed by atoms with E-state index in [-0.39, 0.29) is 17.5 Å². The summed E-state index contributed by atoms with van der Waals surface area (Å²) in [5, 5.41) is 9.05. The molecule has 0 spiro atoms. The Morgan fingerprint density at radius 3 is 2.52 bits per heavy atom. The molecule has 0 unspecified atom stereocenters. The molecular weight excluding hydrogens is 371 g/mol. The summed E-state index contributed by atoms with van der Waals surface area (Å²) in [5.74, 6) is 0.316. The molecule has 0 saturated carbocycles. The largest absolute Gasteiger partial charge is 0.459 e. The van der Waals surface area contributed by atoms with Gasteiger partial charge in [-0.15, -0.1) is 0 Å². The van der Waals surface area contributed by atoms with Gasteiger partial charge in [-0.05, 0) is 42.8 Å². The summed E-state index contributed by atoms with van der Waals surface area (Å²) in [6.07, 6.45) is 1.46. The van der Waals surface area contributed by atoms with Crippen molar-refractivity contribution in [1.82, 2.24) is 10.6 Å². The van der Waals surface area contributed by atoms with Crippen LogP contribution in [0.15, 0.2) is 76.3 Å². The number of nitrogens with zero attached hydrogens (tertiary/aromatic N) is 1. The molecule has 6 nitrogen and oxygen atoms in total. The number of rotatable bonds is 7. The number of aliphatic imine (C=N–C) groups is 1. The number of anilines is 1. The first kappa shape index (κ1) is 20.1. The zero-order valence-electron chi connectivity index (χ0n) is 16.1. The van der Waals surface area contributed by atoms with Crippen LogP contribution in [-0.4, -0.2) is 18.4 Å². The van der Waals surface area contributed by atoms with Crippen molar-refractivity contribution in [1.29, 1.82) is 0 Å². The smallest absolute Gasteiger partial charge is 0.291 e. The molecule has 7 heteroatoms. The van der Waals surface area contributed by atoms with Crippen molar-refractivity contribution in [2.24, 2.45) is 4.99 Å². The predicted molar refractivity (Wildman–Crippen MR) is 111 cm³/mol. The molecule has 0 bridgehead atoms. The fraction of sp³-hybridized carbons (Fsp3) is 0.182. The highest BCUT2D eigenvalue weighted by atomic mass is 19.1. The summed E-state index contributed by atoms with van der Waals surface area (Å²) in [6, 6.07) is 17.3. The Kier molecular flexibility index (Phi) is 7.00. The second-order valence-corrected chi connectivity index (χ2v) is 6.27. The Bertz CT molecular complexity index is 953. The van der Waals surface area contributed by atoms with Crippen LogP contribution in [0.5, 0.6) is 0 Å². The number of halogens is 1. The lowest BCUT2D eigenvalue weighted by atomic mass is 10.2. The van der Waals surface area contributed by atoms with Crippen molar-refractivity contribution >= 4 is 17.6 Å². The van der Waals surface area contributed by atoms with Gasteiger partial charge < -0.3 is 20.4 Å². The van der Waals surface area contributed by atoms with Crippen LogP contribution in [0.2, 0.25) is 0 Å². The van der Waals surface area contributed by atoms with Gasteiger partial charge in [0.2, 0.25) is 0 Å². The lowest BCUT2D eigenvalue weighted by Gasteiger charge is -2.12. The molecule has 0 aliphatic carbocycles. The van der Waals surface area contributed by atoms with Crippen molar-refractivity contribution in [3.05, 3.63) is 89.6 Å². The summed E-state index contributed by atoms with van der Waals surface area (Å²) >= 11 is 0. The fourth-order valence-corrected chi connectivity index (χ4v) is 2.63. The van der Waals surface area contributed by atoms with Gasteiger partial charge in [0, 0.05) is 24.3 Å². The van der Waals surface area contributed by atoms with E-state index in [2.05, 4.69) is 20.9 Å². The number of nitrogens with one attached hydrogen (secondary N) is 3. The minimum Gasteiger partial charge on any atom is -0.459 e. The Hall–Kier alpha value is -3.61. The molecule has 0 aliphatic rings. The van der Waals surface area contributed by atoms with E-state index < -0.39 is 0 Å². The first-order chi connectivity index (χ1) is 14.2. The van der Waals surface area contributed by atoms with Crippen LogP contribution in [0.3, 0.4) is 0 Å². The third-order valence-electron chi connectivity index (χ3n) is 4.12. The zero-order chi connectivity index (χ0) is 20.5. The summed E-state index contributed by atoms with van der Waals surface area (Å²) < 4.78 is 18.8. The fourth-order valence-electron chi connectivity index (χ4n) is 2.63. The average molecular weight is 394 g/mol. The molecule has 2 aromatic carbocycles. The van der Waals surface area contributed by atoms with Crippen LogP contribution in [-0.2, 0) is 13.1 Å². The lowest BCUT2D eigenvalue weighted by molar-refractivity contribution is 0.0996. The average Bonchev–Trinajstić information content (AvgIpc) is 3.27. The minimum absolute atomic E-state index is 0.247. The SMILES string of the molecule is CCNC(=NCc1ccc(NC(=O)c2ccco2)cc1)NCc1ccccc1F. The molecular formula is C22H23FN4O2. The highest BCUT2D eigenvalue weighted by Gasteiger charge is 2.08. The first-order valence-corrected chi connectivity index (χ1v) is 9.35. The number of hydrogen-bond donors (Lipinski definition) is 3. The summed E-state index contributed by atoms with van der Waals surface area (Å²) in [4.78, 5) is 16.5. The van der Waals surface area contributed by atoms with Gasteiger partial charge in [-0.25, -0.2) is 9.38 Å². The van der Waals surface area contributed by atoms with E-state index in [1.165, 1.54) is 12.3 Å². The molecule has 3 N–H and O–H groups in total. The molecule has 3 rings (SSSR count). The second-order valence-electron chi connectivity index (χ2n) is 6.27. The maximum Gasteiger partial charge on any atom is 0.291 e. The van der Waals surface area contributed by atoms with E-state index in [9.17, 15) is 9.18 Å². The van der Waals surface area contributed by atoms with E-state index >= 15 is 0 Å². The van der Waals surface area contributed by atoms with Gasteiger partial charge >= 0.3 is 0 Å². The van der Waals surface area contributed by atoms with Gasteiger partial charge in [-0.3, -0.25) is 4.79 Å². The molecule has 3 aromatic rings. The maximum atomic E-state index is 13.8.